The molecule has 2 aromatic rings. The van der Waals surface area contributed by atoms with Gasteiger partial charge >= 0.3 is 19.5 Å². The van der Waals surface area contributed by atoms with Crippen LogP contribution >= 0.6 is 11.4 Å². The molecule has 2 unspecified atom stereocenters. The largest absolute Gasteiger partial charge is 2.00 e. The maximum absolute atomic E-state index is 5.61. The summed E-state index contributed by atoms with van der Waals surface area (Å²) < 4.78 is 21.8. The number of para-hydroxylation sites is 2. The standard InChI is InChI=1S/2C12H15O2PS2.Zn/c2*1-3-7-11-8-5-6-9-12(11)14-15(16,17)13-10-4-2;/h2*3-6,8-9H,1-2,7,10H2,(H,16,17);/q;;+2/p-2. The van der Waals surface area contributed by atoms with Crippen LogP contribution in [0.4, 0.5) is 0 Å². The van der Waals surface area contributed by atoms with Gasteiger partial charge in [-0.05, 0) is 36.1 Å². The van der Waals surface area contributed by atoms with Crippen LogP contribution in [0, 0.1) is 0 Å². The van der Waals surface area contributed by atoms with Gasteiger partial charge in [0.05, 0.1) is 13.2 Å². The third kappa shape index (κ3) is 14.8. The molecule has 0 aliphatic heterocycles. The van der Waals surface area contributed by atoms with E-state index in [1.54, 1.807) is 24.3 Å². The van der Waals surface area contributed by atoms with Crippen LogP contribution in [0.2, 0.25) is 0 Å². The van der Waals surface area contributed by atoms with Gasteiger partial charge in [-0.1, -0.05) is 84.3 Å². The van der Waals surface area contributed by atoms with Crippen molar-refractivity contribution in [3.05, 3.63) is 110 Å². The minimum Gasteiger partial charge on any atom is -0.678 e. The second kappa shape index (κ2) is 18.7. The number of rotatable bonds is 14. The van der Waals surface area contributed by atoms with Gasteiger partial charge in [-0.15, -0.1) is 26.3 Å². The summed E-state index contributed by atoms with van der Waals surface area (Å²) in [6.07, 6.45) is 8.24. The van der Waals surface area contributed by atoms with Gasteiger partial charge in [0.25, 0.3) is 0 Å². The molecule has 0 saturated carbocycles. The van der Waals surface area contributed by atoms with Crippen LogP contribution in [-0.2, 0) is 89.5 Å². The zero-order valence-electron chi connectivity index (χ0n) is 19.5. The average Bonchev–Trinajstić information content (AvgIpc) is 2.79. The molecule has 0 amide bonds. The predicted octanol–water partition coefficient (Wildman–Crippen LogP) is 7.53. The van der Waals surface area contributed by atoms with Crippen LogP contribution in [0.3, 0.4) is 0 Å². The Hall–Kier alpha value is -0.457. The SMILES string of the molecule is C=CCOP(=S)([S-])Oc1ccccc1CC=C.C=CCOP(=S)([S-])Oc1ccccc1CC=C.[Zn+2]. The summed E-state index contributed by atoms with van der Waals surface area (Å²) in [5, 5.41) is 0. The molecule has 0 fully saturated rings. The van der Waals surface area contributed by atoms with E-state index in [1.807, 2.05) is 48.5 Å². The molecule has 2 aromatic carbocycles. The number of allylic oxidation sites excluding steroid dienone is 2. The Morgan fingerprint density at radius 1 is 0.657 bits per heavy atom. The molecule has 0 aromatic heterocycles. The first-order chi connectivity index (χ1) is 16.2. The van der Waals surface area contributed by atoms with Gasteiger partial charge in [-0.2, -0.15) is 0 Å². The number of benzene rings is 2. The van der Waals surface area contributed by atoms with E-state index in [9.17, 15) is 0 Å². The number of hydrogen-bond acceptors (Lipinski definition) is 8. The Bertz CT molecular complexity index is 982. The van der Waals surface area contributed by atoms with Crippen molar-refractivity contribution >= 4 is 59.5 Å². The van der Waals surface area contributed by atoms with Crippen LogP contribution in [0.25, 0.3) is 0 Å². The Labute approximate surface area is 243 Å². The normalized spacial score (nSPS) is 13.3. The smallest absolute Gasteiger partial charge is 0.678 e. The summed E-state index contributed by atoms with van der Waals surface area (Å²) in [6.45, 7) is 15.1. The first-order valence-electron chi connectivity index (χ1n) is 10.1. The van der Waals surface area contributed by atoms with Crippen molar-refractivity contribution in [2.24, 2.45) is 0 Å². The molecule has 0 bridgehead atoms. The minimum atomic E-state index is -2.67. The van der Waals surface area contributed by atoms with Gasteiger partial charge in [-0.3, -0.25) is 0 Å². The first-order valence-corrected chi connectivity index (χ1v) is 17.4. The van der Waals surface area contributed by atoms with E-state index in [4.69, 9.17) is 66.2 Å². The molecular weight excluding hydrogens is 608 g/mol. The summed E-state index contributed by atoms with van der Waals surface area (Å²) in [5.74, 6) is 1.35. The monoisotopic (exact) mass is 634 g/mol. The fraction of sp³-hybridized carbons (Fsp3) is 0.167. The molecule has 35 heavy (non-hydrogen) atoms. The molecule has 0 spiro atoms. The van der Waals surface area contributed by atoms with E-state index in [0.717, 1.165) is 11.1 Å². The molecule has 2 atom stereocenters. The van der Waals surface area contributed by atoms with E-state index in [0.29, 0.717) is 37.6 Å². The van der Waals surface area contributed by atoms with Gasteiger partial charge in [0.1, 0.15) is 22.9 Å². The second-order valence-corrected chi connectivity index (χ2v) is 16.3. The molecule has 184 valence electrons. The minimum absolute atomic E-state index is 0. The molecule has 0 N–H and O–H groups in total. The summed E-state index contributed by atoms with van der Waals surface area (Å²) in [5.41, 5.74) is -3.33. The van der Waals surface area contributed by atoms with Crippen molar-refractivity contribution in [1.82, 2.24) is 0 Å². The quantitative estimate of drug-likeness (QED) is 0.0913. The van der Waals surface area contributed by atoms with E-state index >= 15 is 0 Å². The average molecular weight is 636 g/mol. The van der Waals surface area contributed by atoms with Gasteiger partial charge in [0.15, 0.2) is 0 Å². The summed E-state index contributed by atoms with van der Waals surface area (Å²) in [7, 11) is 0. The Morgan fingerprint density at radius 3 is 1.31 bits per heavy atom. The van der Waals surface area contributed by atoms with E-state index in [2.05, 4.69) is 26.3 Å². The summed E-state index contributed by atoms with van der Waals surface area (Å²) in [4.78, 5) is 0. The topological polar surface area (TPSA) is 36.9 Å². The van der Waals surface area contributed by atoms with Gasteiger partial charge in [0.2, 0.25) is 0 Å². The van der Waals surface area contributed by atoms with Crippen LogP contribution in [0.15, 0.2) is 99.2 Å². The van der Waals surface area contributed by atoms with Gasteiger partial charge < -0.3 is 42.6 Å². The third-order valence-electron chi connectivity index (χ3n) is 3.80. The maximum atomic E-state index is 5.61. The molecular formula is C24H28O4P2S4Zn. The third-order valence-corrected chi connectivity index (χ3v) is 7.73. The van der Waals surface area contributed by atoms with Crippen molar-refractivity contribution in [3.63, 3.8) is 0 Å². The zero-order chi connectivity index (χ0) is 25.5. The first kappa shape index (κ1) is 34.5. The Balaban J connectivity index is 0.000000642. The molecule has 2 rings (SSSR count). The fourth-order valence-corrected chi connectivity index (χ4v) is 5.63. The number of hydrogen-bond donors (Lipinski definition) is 0. The molecule has 0 aliphatic rings. The van der Waals surface area contributed by atoms with Crippen molar-refractivity contribution in [3.8, 4) is 11.5 Å². The molecule has 11 heteroatoms. The summed E-state index contributed by atoms with van der Waals surface area (Å²) >= 11 is 20.6. The maximum Gasteiger partial charge on any atom is 2.00 e. The molecule has 0 heterocycles. The van der Waals surface area contributed by atoms with E-state index in [1.165, 1.54) is 0 Å². The molecule has 0 radical (unpaired) electrons. The van der Waals surface area contributed by atoms with E-state index < -0.39 is 11.4 Å². The predicted molar refractivity (Wildman–Crippen MR) is 158 cm³/mol. The Kier molecular flexibility index (Phi) is 18.5. The van der Waals surface area contributed by atoms with Crippen LogP contribution in [0.5, 0.6) is 11.5 Å². The van der Waals surface area contributed by atoms with Crippen molar-refractivity contribution < 1.29 is 37.6 Å². The van der Waals surface area contributed by atoms with Gasteiger partial charge in [0, 0.05) is 0 Å². The second-order valence-electron chi connectivity index (χ2n) is 6.45. The van der Waals surface area contributed by atoms with Crippen molar-refractivity contribution in [2.45, 2.75) is 12.8 Å². The molecule has 4 nitrogen and oxygen atoms in total. The van der Waals surface area contributed by atoms with Crippen LogP contribution in [0.1, 0.15) is 11.1 Å². The Morgan fingerprint density at radius 2 is 1.00 bits per heavy atom. The fourth-order valence-electron chi connectivity index (χ4n) is 2.42. The van der Waals surface area contributed by atoms with Crippen molar-refractivity contribution in [1.29, 1.82) is 0 Å². The van der Waals surface area contributed by atoms with Crippen LogP contribution in [-0.4, -0.2) is 13.2 Å². The molecule has 0 aliphatic carbocycles. The van der Waals surface area contributed by atoms with Crippen LogP contribution < -0.4 is 9.05 Å². The van der Waals surface area contributed by atoms with Crippen molar-refractivity contribution in [2.75, 3.05) is 13.2 Å². The molecule has 0 saturated heterocycles. The zero-order valence-corrected chi connectivity index (χ0v) is 27.5. The van der Waals surface area contributed by atoms with E-state index in [-0.39, 0.29) is 19.5 Å². The van der Waals surface area contributed by atoms with Gasteiger partial charge in [-0.25, -0.2) is 0 Å². The summed E-state index contributed by atoms with van der Waals surface area (Å²) in [6, 6.07) is 15.2.